The molecule has 1 unspecified atom stereocenters. The highest BCUT2D eigenvalue weighted by atomic mass is 35.5. The van der Waals surface area contributed by atoms with E-state index >= 15 is 0 Å². The molecule has 0 radical (unpaired) electrons. The lowest BCUT2D eigenvalue weighted by Crippen LogP contribution is -2.42. The molecule has 3 aliphatic heterocycles. The van der Waals surface area contributed by atoms with Crippen LogP contribution in [0.1, 0.15) is 78.2 Å². The average Bonchev–Trinajstić information content (AvgIpc) is 3.64. The molecule has 2 aromatic carbocycles. The number of hydrogen-bond acceptors (Lipinski definition) is 4. The fourth-order valence-electron chi connectivity index (χ4n) is 6.30. The number of benzene rings is 2. The van der Waals surface area contributed by atoms with Gasteiger partial charge in [-0.05, 0) is 93.7 Å². The molecule has 5 heteroatoms. The number of nitrogens with zero attached hydrogens (tertiary/aromatic N) is 3. The summed E-state index contributed by atoms with van der Waals surface area (Å²) >= 11 is 5.86. The van der Waals surface area contributed by atoms with E-state index in [0.717, 1.165) is 24.0 Å². The van der Waals surface area contributed by atoms with E-state index in [4.69, 9.17) is 11.6 Å². The van der Waals surface area contributed by atoms with Crippen LogP contribution in [0, 0.1) is 18.8 Å². The summed E-state index contributed by atoms with van der Waals surface area (Å²) in [4.78, 5) is 17.6. The Labute approximate surface area is 268 Å². The van der Waals surface area contributed by atoms with Gasteiger partial charge in [0.2, 0.25) is 0 Å². The lowest BCUT2D eigenvalue weighted by molar-refractivity contribution is -0.116. The molecule has 0 amide bonds. The molecule has 3 fully saturated rings. The van der Waals surface area contributed by atoms with Gasteiger partial charge < -0.3 is 19.5 Å². The molecule has 43 heavy (non-hydrogen) atoms. The van der Waals surface area contributed by atoms with Gasteiger partial charge in [-0.15, -0.1) is 13.2 Å². The first-order valence-electron chi connectivity index (χ1n) is 16.4. The van der Waals surface area contributed by atoms with E-state index in [0.29, 0.717) is 18.4 Å². The van der Waals surface area contributed by atoms with Crippen LogP contribution in [0.25, 0.3) is 10.8 Å². The Morgan fingerprint density at radius 3 is 2.26 bits per heavy atom. The number of Topliss-reactive ketones (excluding diaryl/α,β-unsaturated/α-hetero) is 1. The SMILES string of the molecule is C=C.C=C1[C@@H](CC)CCCN1CC(=C)N1CCC[C@H]1CN1CCC(C)C1.CCC(C)=O.Cc1ccc2cc(Cl)ccc2c1. The predicted molar refractivity (Wildman–Crippen MR) is 189 cm³/mol. The Morgan fingerprint density at radius 2 is 1.63 bits per heavy atom. The molecular formula is C38H58ClN3O. The standard InChI is InChI=1S/C21H37N3.C11H9Cl.C4H8O.C2H4/c1-5-20-8-6-11-23(19(20)4)15-18(3)24-12-7-9-21(24)16-22-13-10-17(2)14-22;1-8-2-3-10-7-11(12)5-4-9(10)6-8;1-3-4(2)5;1-2/h17,20-21H,3-16H2,1-2H3;2-7H,1H3;3H2,1-2H3;1-2H2/t17?,20-,21-;;;/m0.../s1. The summed E-state index contributed by atoms with van der Waals surface area (Å²) in [6.07, 6.45) is 8.55. The number of aryl methyl sites for hydroxylation is 1. The van der Waals surface area contributed by atoms with E-state index in [1.807, 2.05) is 25.1 Å². The molecule has 0 saturated carbocycles. The first-order chi connectivity index (χ1) is 20.6. The van der Waals surface area contributed by atoms with Crippen molar-refractivity contribution in [2.45, 2.75) is 85.6 Å². The molecule has 0 aromatic heterocycles. The van der Waals surface area contributed by atoms with Crippen LogP contribution in [0.5, 0.6) is 0 Å². The zero-order chi connectivity index (χ0) is 31.9. The van der Waals surface area contributed by atoms with Gasteiger partial charge in [0.05, 0.1) is 6.54 Å². The summed E-state index contributed by atoms with van der Waals surface area (Å²) in [6, 6.07) is 13.0. The van der Waals surface area contributed by atoms with Gasteiger partial charge in [-0.2, -0.15) is 0 Å². The van der Waals surface area contributed by atoms with Crippen LogP contribution >= 0.6 is 11.6 Å². The highest BCUT2D eigenvalue weighted by Gasteiger charge is 2.31. The second-order valence-corrected chi connectivity index (χ2v) is 12.9. The lowest BCUT2D eigenvalue weighted by Gasteiger charge is -2.39. The van der Waals surface area contributed by atoms with Crippen molar-refractivity contribution in [2.75, 3.05) is 39.3 Å². The van der Waals surface area contributed by atoms with Crippen molar-refractivity contribution < 1.29 is 4.79 Å². The van der Waals surface area contributed by atoms with E-state index in [9.17, 15) is 4.79 Å². The minimum Gasteiger partial charge on any atom is -0.370 e. The lowest BCUT2D eigenvalue weighted by atomic mass is 9.92. The molecule has 238 valence electrons. The Balaban J connectivity index is 0.000000281. The summed E-state index contributed by atoms with van der Waals surface area (Å²) < 4.78 is 0. The van der Waals surface area contributed by atoms with E-state index < -0.39 is 0 Å². The van der Waals surface area contributed by atoms with Crippen molar-refractivity contribution in [3.8, 4) is 0 Å². The summed E-state index contributed by atoms with van der Waals surface area (Å²) in [5, 5.41) is 3.25. The van der Waals surface area contributed by atoms with E-state index in [-0.39, 0.29) is 5.78 Å². The van der Waals surface area contributed by atoms with Gasteiger partial charge in [-0.1, -0.05) is 75.4 Å². The maximum absolute atomic E-state index is 9.81. The third-order valence-corrected chi connectivity index (χ3v) is 9.18. The number of carbonyl (C=O) groups is 1. The zero-order valence-electron chi connectivity index (χ0n) is 27.8. The average molecular weight is 608 g/mol. The molecule has 0 aliphatic carbocycles. The molecule has 3 aliphatic rings. The molecule has 3 atom stereocenters. The normalized spacial score (nSPS) is 21.7. The van der Waals surface area contributed by atoms with Gasteiger partial charge in [-0.3, -0.25) is 0 Å². The van der Waals surface area contributed by atoms with Crippen LogP contribution in [-0.4, -0.2) is 65.8 Å². The first-order valence-corrected chi connectivity index (χ1v) is 16.7. The van der Waals surface area contributed by atoms with Crippen molar-refractivity contribution in [2.24, 2.45) is 11.8 Å². The second kappa shape index (κ2) is 19.0. The minimum atomic E-state index is 0.255. The third kappa shape index (κ3) is 11.8. The number of allylic oxidation sites excluding steroid dienone is 1. The van der Waals surface area contributed by atoms with Crippen molar-refractivity contribution in [3.63, 3.8) is 0 Å². The van der Waals surface area contributed by atoms with Gasteiger partial charge in [0.25, 0.3) is 0 Å². The van der Waals surface area contributed by atoms with E-state index in [1.54, 1.807) is 6.92 Å². The first kappa shape index (κ1) is 36.6. The summed E-state index contributed by atoms with van der Waals surface area (Å²) in [5.74, 6) is 1.82. The fourth-order valence-corrected chi connectivity index (χ4v) is 6.48. The molecule has 0 bridgehead atoms. The summed E-state index contributed by atoms with van der Waals surface area (Å²) in [5.41, 5.74) is 3.96. The summed E-state index contributed by atoms with van der Waals surface area (Å²) in [6.45, 7) is 32.2. The monoisotopic (exact) mass is 607 g/mol. The Morgan fingerprint density at radius 1 is 0.977 bits per heavy atom. The number of piperidine rings is 1. The Bertz CT molecular complexity index is 1140. The van der Waals surface area contributed by atoms with E-state index in [1.165, 1.54) is 92.4 Å². The topological polar surface area (TPSA) is 26.8 Å². The second-order valence-electron chi connectivity index (χ2n) is 12.4. The number of ketones is 1. The maximum Gasteiger partial charge on any atom is 0.129 e. The quantitative estimate of drug-likeness (QED) is 0.293. The molecule has 3 heterocycles. The van der Waals surface area contributed by atoms with Gasteiger partial charge in [0.1, 0.15) is 5.78 Å². The van der Waals surface area contributed by atoms with Crippen molar-refractivity contribution >= 4 is 28.2 Å². The Hall–Kier alpha value is -2.56. The highest BCUT2D eigenvalue weighted by Crippen LogP contribution is 2.31. The highest BCUT2D eigenvalue weighted by molar-refractivity contribution is 6.31. The van der Waals surface area contributed by atoms with Crippen LogP contribution in [-0.2, 0) is 4.79 Å². The number of carbonyl (C=O) groups excluding carboxylic acids is 1. The Kier molecular flexibility index (Phi) is 16.2. The molecule has 5 rings (SSSR count). The van der Waals surface area contributed by atoms with Crippen molar-refractivity contribution in [1.29, 1.82) is 0 Å². The van der Waals surface area contributed by atoms with Crippen LogP contribution in [0.4, 0.5) is 0 Å². The molecule has 3 saturated heterocycles. The zero-order valence-corrected chi connectivity index (χ0v) is 28.6. The van der Waals surface area contributed by atoms with Crippen LogP contribution in [0.2, 0.25) is 5.02 Å². The molecule has 0 spiro atoms. The van der Waals surface area contributed by atoms with Crippen LogP contribution in [0.3, 0.4) is 0 Å². The predicted octanol–water partition coefficient (Wildman–Crippen LogP) is 9.53. The number of rotatable bonds is 7. The van der Waals surface area contributed by atoms with Crippen molar-refractivity contribution in [3.05, 3.63) is 84.7 Å². The number of likely N-dealkylation sites (tertiary alicyclic amines) is 3. The van der Waals surface area contributed by atoms with Crippen LogP contribution in [0.15, 0.2) is 74.1 Å². The van der Waals surface area contributed by atoms with Gasteiger partial charge in [-0.25, -0.2) is 0 Å². The van der Waals surface area contributed by atoms with Crippen LogP contribution < -0.4 is 0 Å². The van der Waals surface area contributed by atoms with Gasteiger partial charge >= 0.3 is 0 Å². The largest absolute Gasteiger partial charge is 0.370 e. The van der Waals surface area contributed by atoms with Gasteiger partial charge in [0, 0.05) is 55.1 Å². The maximum atomic E-state index is 9.81. The number of halogens is 1. The molecule has 0 N–H and O–H groups in total. The minimum absolute atomic E-state index is 0.255. The molecule has 2 aromatic rings. The number of hydrogen-bond donors (Lipinski definition) is 0. The molecular weight excluding hydrogens is 550 g/mol. The molecule has 4 nitrogen and oxygen atoms in total. The van der Waals surface area contributed by atoms with E-state index in [2.05, 4.69) is 80.0 Å². The fraction of sp³-hybridized carbons (Fsp3) is 0.553. The van der Waals surface area contributed by atoms with Crippen molar-refractivity contribution in [1.82, 2.24) is 14.7 Å². The summed E-state index contributed by atoms with van der Waals surface area (Å²) in [7, 11) is 0. The van der Waals surface area contributed by atoms with Gasteiger partial charge in [0.15, 0.2) is 0 Å². The third-order valence-electron chi connectivity index (χ3n) is 8.94. The number of fused-ring (bicyclic) bond motifs is 1. The smallest absolute Gasteiger partial charge is 0.129 e.